The highest BCUT2D eigenvalue weighted by Gasteiger charge is 2.30. The van der Waals surface area contributed by atoms with Gasteiger partial charge in [0.25, 0.3) is 5.89 Å². The molecule has 1 saturated heterocycles. The average Bonchev–Trinajstić information content (AvgIpc) is 3.21. The second kappa shape index (κ2) is 7.38. The summed E-state index contributed by atoms with van der Waals surface area (Å²) in [5.74, 6) is 2.99. The van der Waals surface area contributed by atoms with E-state index >= 15 is 0 Å². The van der Waals surface area contributed by atoms with E-state index < -0.39 is 0 Å². The Labute approximate surface area is 162 Å². The lowest BCUT2D eigenvalue weighted by Crippen LogP contribution is -2.44. The Morgan fingerprint density at radius 1 is 1.11 bits per heavy atom. The first-order valence-corrected chi connectivity index (χ1v) is 8.97. The summed E-state index contributed by atoms with van der Waals surface area (Å²) < 4.78 is 10.9. The van der Waals surface area contributed by atoms with Crippen molar-refractivity contribution in [3.63, 3.8) is 0 Å². The summed E-state index contributed by atoms with van der Waals surface area (Å²) in [7, 11) is 2.08. The van der Waals surface area contributed by atoms with Crippen LogP contribution in [0.15, 0.2) is 33.3 Å². The van der Waals surface area contributed by atoms with E-state index in [9.17, 15) is 0 Å². The van der Waals surface area contributed by atoms with Gasteiger partial charge in [-0.25, -0.2) is 0 Å². The first-order valence-electron chi connectivity index (χ1n) is 8.97. The van der Waals surface area contributed by atoms with Crippen molar-refractivity contribution < 1.29 is 9.05 Å². The molecule has 1 N–H and O–H groups in total. The Bertz CT molecular complexity index is 922. The maximum atomic E-state index is 5.52. The molecule has 2 aromatic heterocycles. The van der Waals surface area contributed by atoms with Crippen LogP contribution in [-0.2, 0) is 0 Å². The first-order chi connectivity index (χ1) is 12.8. The smallest absolute Gasteiger partial charge is 0.258 e. The average molecular weight is 389 g/mol. The molecule has 1 aliphatic carbocycles. The Kier molecular flexibility index (Phi) is 4.94. The van der Waals surface area contributed by atoms with Crippen molar-refractivity contribution >= 4 is 12.4 Å². The summed E-state index contributed by atoms with van der Waals surface area (Å²) in [6, 6.07) is 7.94. The fourth-order valence-electron chi connectivity index (χ4n) is 3.22. The Balaban J connectivity index is 0.00000180. The van der Waals surface area contributed by atoms with Gasteiger partial charge in [-0.15, -0.1) is 12.4 Å². The lowest BCUT2D eigenvalue weighted by atomic mass is 10.1. The van der Waals surface area contributed by atoms with Crippen molar-refractivity contribution in [2.75, 3.05) is 26.7 Å². The second-order valence-corrected chi connectivity index (χ2v) is 6.97. The van der Waals surface area contributed by atoms with Crippen LogP contribution in [0.2, 0.25) is 0 Å². The highest BCUT2D eigenvalue weighted by Crippen LogP contribution is 2.39. The van der Waals surface area contributed by atoms with E-state index in [1.54, 1.807) is 0 Å². The number of halogens is 1. The summed E-state index contributed by atoms with van der Waals surface area (Å²) in [5, 5.41) is 11.7. The normalized spacial score (nSPS) is 20.4. The van der Waals surface area contributed by atoms with Gasteiger partial charge in [0.05, 0.1) is 6.04 Å². The third kappa shape index (κ3) is 3.60. The van der Waals surface area contributed by atoms with Gasteiger partial charge in [-0.1, -0.05) is 22.4 Å². The van der Waals surface area contributed by atoms with Crippen LogP contribution in [0.1, 0.15) is 36.5 Å². The molecule has 1 aromatic carbocycles. The minimum atomic E-state index is 0. The molecular formula is C18H21ClN6O2. The lowest BCUT2D eigenvalue weighted by Gasteiger charge is -2.30. The third-order valence-electron chi connectivity index (χ3n) is 4.99. The van der Waals surface area contributed by atoms with Gasteiger partial charge < -0.3 is 14.4 Å². The van der Waals surface area contributed by atoms with E-state index in [-0.39, 0.29) is 18.4 Å². The third-order valence-corrected chi connectivity index (χ3v) is 4.99. The molecule has 0 bridgehead atoms. The summed E-state index contributed by atoms with van der Waals surface area (Å²) in [6.07, 6.45) is 2.27. The van der Waals surface area contributed by atoms with Gasteiger partial charge in [0.15, 0.2) is 5.82 Å². The molecular weight excluding hydrogens is 368 g/mol. The molecule has 0 amide bonds. The van der Waals surface area contributed by atoms with E-state index in [2.05, 4.69) is 37.5 Å². The predicted octanol–water partition coefficient (Wildman–Crippen LogP) is 2.66. The number of rotatable bonds is 4. The van der Waals surface area contributed by atoms with Crippen LogP contribution in [0.4, 0.5) is 0 Å². The fourth-order valence-corrected chi connectivity index (χ4v) is 3.22. The number of nitrogens with one attached hydrogen (secondary N) is 1. The molecule has 0 spiro atoms. The summed E-state index contributed by atoms with van der Waals surface area (Å²) in [6.45, 7) is 2.76. The molecule has 3 heterocycles. The molecule has 1 unspecified atom stereocenters. The van der Waals surface area contributed by atoms with Crippen LogP contribution < -0.4 is 5.32 Å². The van der Waals surface area contributed by atoms with Gasteiger partial charge in [-0.3, -0.25) is 4.90 Å². The van der Waals surface area contributed by atoms with Crippen LogP contribution in [0.25, 0.3) is 22.8 Å². The van der Waals surface area contributed by atoms with Crippen LogP contribution in [0, 0.1) is 0 Å². The van der Waals surface area contributed by atoms with E-state index in [0.717, 1.165) is 49.5 Å². The Morgan fingerprint density at radius 3 is 2.78 bits per heavy atom. The van der Waals surface area contributed by atoms with E-state index in [4.69, 9.17) is 9.05 Å². The number of hydrogen-bond acceptors (Lipinski definition) is 8. The second-order valence-electron chi connectivity index (χ2n) is 6.97. The largest absolute Gasteiger partial charge is 0.339 e. The van der Waals surface area contributed by atoms with Crippen molar-refractivity contribution in [2.24, 2.45) is 0 Å². The van der Waals surface area contributed by atoms with Crippen LogP contribution >= 0.6 is 12.4 Å². The Hall–Kier alpha value is -2.29. The molecule has 142 valence electrons. The molecule has 3 aromatic rings. The van der Waals surface area contributed by atoms with Crippen molar-refractivity contribution in [2.45, 2.75) is 24.8 Å². The SMILES string of the molecule is CN1CCNCC1c1noc(-c2cccc(-c3noc(C4CC4)n3)c2)n1.Cl. The standard InChI is InChI=1S/C18H20N6O2.ClH/c1-24-8-7-19-10-14(24)16-21-18(26-23-16)13-4-2-3-12(9-13)15-20-17(25-22-15)11-5-6-11;/h2-4,9,11,14,19H,5-8,10H2,1H3;1H. The van der Waals surface area contributed by atoms with Crippen molar-refractivity contribution in [1.82, 2.24) is 30.5 Å². The van der Waals surface area contributed by atoms with Crippen LogP contribution in [0.5, 0.6) is 0 Å². The molecule has 1 atom stereocenters. The molecule has 5 rings (SSSR count). The van der Waals surface area contributed by atoms with Gasteiger partial charge in [0, 0.05) is 36.7 Å². The number of benzene rings is 1. The van der Waals surface area contributed by atoms with E-state index in [1.165, 1.54) is 0 Å². The van der Waals surface area contributed by atoms with Gasteiger partial charge in [0.2, 0.25) is 11.7 Å². The summed E-state index contributed by atoms with van der Waals surface area (Å²) >= 11 is 0. The zero-order chi connectivity index (χ0) is 17.5. The predicted molar refractivity (Wildman–Crippen MR) is 100 cm³/mol. The molecule has 1 saturated carbocycles. The molecule has 2 fully saturated rings. The fraction of sp³-hybridized carbons (Fsp3) is 0.444. The minimum absolute atomic E-state index is 0. The maximum Gasteiger partial charge on any atom is 0.258 e. The molecule has 8 nitrogen and oxygen atoms in total. The molecule has 27 heavy (non-hydrogen) atoms. The quantitative estimate of drug-likeness (QED) is 0.729. The van der Waals surface area contributed by atoms with Crippen LogP contribution in [0.3, 0.4) is 0 Å². The molecule has 2 aliphatic rings. The summed E-state index contributed by atoms with van der Waals surface area (Å²) in [5.41, 5.74) is 1.74. The maximum absolute atomic E-state index is 5.52. The summed E-state index contributed by atoms with van der Waals surface area (Å²) in [4.78, 5) is 11.4. The zero-order valence-corrected chi connectivity index (χ0v) is 15.8. The number of aromatic nitrogens is 4. The highest BCUT2D eigenvalue weighted by molar-refractivity contribution is 5.85. The Morgan fingerprint density at radius 2 is 1.96 bits per heavy atom. The lowest BCUT2D eigenvalue weighted by molar-refractivity contribution is 0.190. The van der Waals surface area contributed by atoms with Crippen molar-refractivity contribution in [3.05, 3.63) is 36.0 Å². The molecule has 9 heteroatoms. The van der Waals surface area contributed by atoms with Gasteiger partial charge in [-0.2, -0.15) is 9.97 Å². The van der Waals surface area contributed by atoms with E-state index in [0.29, 0.717) is 23.5 Å². The van der Waals surface area contributed by atoms with Crippen LogP contribution in [-0.4, -0.2) is 51.9 Å². The van der Waals surface area contributed by atoms with E-state index in [1.807, 2.05) is 24.3 Å². The monoisotopic (exact) mass is 388 g/mol. The number of hydrogen-bond donors (Lipinski definition) is 1. The minimum Gasteiger partial charge on any atom is -0.339 e. The zero-order valence-electron chi connectivity index (χ0n) is 15.0. The van der Waals surface area contributed by atoms with Crippen molar-refractivity contribution in [1.29, 1.82) is 0 Å². The highest BCUT2D eigenvalue weighted by atomic mass is 35.5. The number of likely N-dealkylation sites (N-methyl/N-ethyl adjacent to an activating group) is 1. The first kappa shape index (κ1) is 18.1. The number of piperazine rings is 1. The molecule has 0 radical (unpaired) electrons. The molecule has 1 aliphatic heterocycles. The topological polar surface area (TPSA) is 93.1 Å². The van der Waals surface area contributed by atoms with Gasteiger partial charge in [0.1, 0.15) is 0 Å². The van der Waals surface area contributed by atoms with Gasteiger partial charge in [-0.05, 0) is 32.0 Å². The number of nitrogens with zero attached hydrogens (tertiary/aromatic N) is 5. The van der Waals surface area contributed by atoms with Crippen molar-refractivity contribution in [3.8, 4) is 22.8 Å². The van der Waals surface area contributed by atoms with Gasteiger partial charge >= 0.3 is 0 Å².